The molecule has 2 N–H and O–H groups in total. The minimum atomic E-state index is -0.431. The molecule has 0 aliphatic rings. The number of halogens is 2. The molecule has 134 valence electrons. The van der Waals surface area contributed by atoms with Crippen molar-refractivity contribution in [3.63, 3.8) is 0 Å². The first-order valence-corrected chi connectivity index (χ1v) is 8.32. The lowest BCUT2D eigenvalue weighted by atomic mass is 10.1. The second-order valence-corrected chi connectivity index (χ2v) is 6.06. The molecule has 7 heteroatoms. The molecule has 0 aliphatic carbocycles. The molecule has 1 amide bonds. The molecular formula is C19H17ClFN3O2. The van der Waals surface area contributed by atoms with Crippen molar-refractivity contribution in [1.82, 2.24) is 15.5 Å². The van der Waals surface area contributed by atoms with Crippen molar-refractivity contribution < 1.29 is 13.9 Å². The van der Waals surface area contributed by atoms with E-state index in [1.165, 1.54) is 12.3 Å². The molecule has 0 saturated carbocycles. The Kier molecular flexibility index (Phi) is 5.65. The van der Waals surface area contributed by atoms with Gasteiger partial charge < -0.3 is 10.1 Å². The first-order valence-electron chi connectivity index (χ1n) is 7.95. The van der Waals surface area contributed by atoms with E-state index in [4.69, 9.17) is 16.3 Å². The van der Waals surface area contributed by atoms with Gasteiger partial charge in [0.2, 0.25) is 0 Å². The average Bonchev–Trinajstić information content (AvgIpc) is 3.12. The highest BCUT2D eigenvalue weighted by atomic mass is 35.5. The van der Waals surface area contributed by atoms with Crippen LogP contribution in [-0.2, 0) is 4.74 Å². The smallest absolute Gasteiger partial charge is 0.255 e. The Balaban J connectivity index is 1.75. The van der Waals surface area contributed by atoms with Crippen LogP contribution in [0, 0.1) is 5.82 Å². The second kappa shape index (κ2) is 8.12. The van der Waals surface area contributed by atoms with E-state index in [1.54, 1.807) is 37.4 Å². The molecule has 0 spiro atoms. The zero-order valence-electron chi connectivity index (χ0n) is 14.0. The van der Waals surface area contributed by atoms with Gasteiger partial charge in [0.25, 0.3) is 5.91 Å². The third kappa shape index (κ3) is 3.92. The van der Waals surface area contributed by atoms with Crippen LogP contribution in [0.25, 0.3) is 11.3 Å². The van der Waals surface area contributed by atoms with Crippen LogP contribution in [0.2, 0.25) is 5.02 Å². The first-order chi connectivity index (χ1) is 12.6. The number of ether oxygens (including phenoxy) is 1. The van der Waals surface area contributed by atoms with E-state index < -0.39 is 5.82 Å². The second-order valence-electron chi connectivity index (χ2n) is 5.63. The van der Waals surface area contributed by atoms with Gasteiger partial charge in [-0.3, -0.25) is 9.89 Å². The van der Waals surface area contributed by atoms with Crippen LogP contribution in [0.15, 0.2) is 54.7 Å². The lowest BCUT2D eigenvalue weighted by molar-refractivity contribution is 0.0828. The highest BCUT2D eigenvalue weighted by Crippen LogP contribution is 2.24. The topological polar surface area (TPSA) is 67.0 Å². The average molecular weight is 374 g/mol. The lowest BCUT2D eigenvalue weighted by Gasteiger charge is -2.17. The molecule has 0 aliphatic heterocycles. The van der Waals surface area contributed by atoms with Crippen molar-refractivity contribution >= 4 is 17.5 Å². The Labute approximate surface area is 155 Å². The number of H-pyrrole nitrogens is 1. The summed E-state index contributed by atoms with van der Waals surface area (Å²) in [6.45, 7) is 0.234. The van der Waals surface area contributed by atoms with Crippen LogP contribution in [0.3, 0.4) is 0 Å². The molecule has 1 unspecified atom stereocenters. The van der Waals surface area contributed by atoms with Crippen LogP contribution < -0.4 is 5.32 Å². The maximum Gasteiger partial charge on any atom is 0.255 e. The number of nitrogens with zero attached hydrogens (tertiary/aromatic N) is 1. The normalized spacial score (nSPS) is 12.0. The molecule has 3 rings (SSSR count). The molecule has 0 saturated heterocycles. The predicted octanol–water partition coefficient (Wildman–Crippen LogP) is 3.99. The Morgan fingerprint density at radius 3 is 2.85 bits per heavy atom. The number of nitrogens with one attached hydrogen (secondary N) is 2. The number of rotatable bonds is 6. The van der Waals surface area contributed by atoms with Gasteiger partial charge in [0.1, 0.15) is 5.82 Å². The Morgan fingerprint density at radius 2 is 2.12 bits per heavy atom. The van der Waals surface area contributed by atoms with Gasteiger partial charge in [0.15, 0.2) is 0 Å². The summed E-state index contributed by atoms with van der Waals surface area (Å²) >= 11 is 6.00. The van der Waals surface area contributed by atoms with Crippen LogP contribution in [0.5, 0.6) is 0 Å². The van der Waals surface area contributed by atoms with E-state index in [0.29, 0.717) is 10.7 Å². The fourth-order valence-corrected chi connectivity index (χ4v) is 2.85. The number of carbonyl (C=O) groups excluding carboxylic acids is 1. The molecule has 26 heavy (non-hydrogen) atoms. The maximum atomic E-state index is 14.0. The van der Waals surface area contributed by atoms with E-state index in [9.17, 15) is 9.18 Å². The molecule has 3 aromatic rings. The van der Waals surface area contributed by atoms with E-state index >= 15 is 0 Å². The molecular weight excluding hydrogens is 357 g/mol. The summed E-state index contributed by atoms with van der Waals surface area (Å²) < 4.78 is 19.4. The summed E-state index contributed by atoms with van der Waals surface area (Å²) in [6.07, 6.45) is 1.01. The fraction of sp³-hybridized carbons (Fsp3) is 0.158. The third-order valence-corrected chi connectivity index (χ3v) is 4.22. The number of amides is 1. The largest absolute Gasteiger partial charge is 0.375 e. The summed E-state index contributed by atoms with van der Waals surface area (Å²) in [5.74, 6) is -0.805. The standard InChI is InChI=1S/C19H17ClFN3O2/c1-26-17(12-5-4-6-13(20)9-12)11-22-19(25)15-10-23-24-18(15)14-7-2-3-8-16(14)21/h2-10,17H,11H2,1H3,(H,22,25)(H,23,24). The summed E-state index contributed by atoms with van der Waals surface area (Å²) in [6, 6.07) is 13.4. The number of hydrogen-bond acceptors (Lipinski definition) is 3. The Hall–Kier alpha value is -2.70. The van der Waals surface area contributed by atoms with E-state index in [1.807, 2.05) is 12.1 Å². The van der Waals surface area contributed by atoms with Crippen molar-refractivity contribution in [2.24, 2.45) is 0 Å². The van der Waals surface area contributed by atoms with Crippen molar-refractivity contribution in [3.8, 4) is 11.3 Å². The molecule has 0 fully saturated rings. The monoisotopic (exact) mass is 373 g/mol. The Bertz CT molecular complexity index is 913. The predicted molar refractivity (Wildman–Crippen MR) is 97.5 cm³/mol. The SMILES string of the molecule is COC(CNC(=O)c1cn[nH]c1-c1ccccc1F)c1cccc(Cl)c1. The van der Waals surface area contributed by atoms with Gasteiger partial charge in [0, 0.05) is 24.2 Å². The van der Waals surface area contributed by atoms with Crippen LogP contribution >= 0.6 is 11.6 Å². The number of methoxy groups -OCH3 is 1. The fourth-order valence-electron chi connectivity index (χ4n) is 2.65. The summed E-state index contributed by atoms with van der Waals surface area (Å²) in [4.78, 5) is 12.6. The molecule has 1 aromatic heterocycles. The van der Waals surface area contributed by atoms with Gasteiger partial charge in [0.05, 0.1) is 23.6 Å². The van der Waals surface area contributed by atoms with Gasteiger partial charge >= 0.3 is 0 Å². The number of hydrogen-bond donors (Lipinski definition) is 2. The van der Waals surface area contributed by atoms with Gasteiger partial charge in [-0.2, -0.15) is 5.10 Å². The highest BCUT2D eigenvalue weighted by Gasteiger charge is 2.19. The van der Waals surface area contributed by atoms with Gasteiger partial charge in [-0.05, 0) is 29.8 Å². The minimum Gasteiger partial charge on any atom is -0.375 e. The maximum absolute atomic E-state index is 14.0. The molecule has 1 heterocycles. The van der Waals surface area contributed by atoms with E-state index in [0.717, 1.165) is 5.56 Å². The number of aromatic amines is 1. The molecule has 1 atom stereocenters. The third-order valence-electron chi connectivity index (χ3n) is 3.98. The van der Waals surface area contributed by atoms with Crippen LogP contribution in [-0.4, -0.2) is 29.8 Å². The molecule has 0 bridgehead atoms. The van der Waals surface area contributed by atoms with Crippen molar-refractivity contribution in [2.75, 3.05) is 13.7 Å². The van der Waals surface area contributed by atoms with Crippen LogP contribution in [0.1, 0.15) is 22.0 Å². The number of benzene rings is 2. The van der Waals surface area contributed by atoms with Gasteiger partial charge in [-0.15, -0.1) is 0 Å². The summed E-state index contributed by atoms with van der Waals surface area (Å²) in [5, 5.41) is 9.95. The zero-order chi connectivity index (χ0) is 18.5. The number of aromatic nitrogens is 2. The minimum absolute atomic E-state index is 0.234. The Morgan fingerprint density at radius 1 is 1.31 bits per heavy atom. The zero-order valence-corrected chi connectivity index (χ0v) is 14.8. The molecule has 5 nitrogen and oxygen atoms in total. The summed E-state index contributed by atoms with van der Waals surface area (Å²) in [5.41, 5.74) is 1.73. The van der Waals surface area contributed by atoms with Crippen molar-refractivity contribution in [1.29, 1.82) is 0 Å². The lowest BCUT2D eigenvalue weighted by Crippen LogP contribution is -2.29. The first kappa shape index (κ1) is 18.1. The van der Waals surface area contributed by atoms with E-state index in [2.05, 4.69) is 15.5 Å². The molecule has 2 aromatic carbocycles. The quantitative estimate of drug-likeness (QED) is 0.686. The summed E-state index contributed by atoms with van der Waals surface area (Å²) in [7, 11) is 1.56. The van der Waals surface area contributed by atoms with Gasteiger partial charge in [-0.25, -0.2) is 4.39 Å². The van der Waals surface area contributed by atoms with Crippen molar-refractivity contribution in [3.05, 3.63) is 76.7 Å². The van der Waals surface area contributed by atoms with Crippen LogP contribution in [0.4, 0.5) is 4.39 Å². The molecule has 0 radical (unpaired) electrons. The van der Waals surface area contributed by atoms with Gasteiger partial charge in [-0.1, -0.05) is 35.9 Å². The number of carbonyl (C=O) groups is 1. The highest BCUT2D eigenvalue weighted by molar-refractivity contribution is 6.30. The van der Waals surface area contributed by atoms with E-state index in [-0.39, 0.29) is 29.7 Å². The van der Waals surface area contributed by atoms with Crippen molar-refractivity contribution in [2.45, 2.75) is 6.10 Å².